The van der Waals surface area contributed by atoms with E-state index in [9.17, 15) is 27.6 Å². The number of anilines is 1. The largest absolute Gasteiger partial charge is 0.449 e. The number of hydrogen-bond acceptors (Lipinski definition) is 8. The fourth-order valence-corrected chi connectivity index (χ4v) is 8.41. The van der Waals surface area contributed by atoms with Crippen molar-refractivity contribution in [3.05, 3.63) is 64.2 Å². The molecule has 4 atom stereocenters. The molecule has 3 aliphatic rings. The summed E-state index contributed by atoms with van der Waals surface area (Å²) in [4.78, 5) is 58.0. The molecule has 0 spiro atoms. The number of likely N-dealkylation sites (N-methyl/N-ethyl adjacent to an activating group) is 1. The first-order valence-corrected chi connectivity index (χ1v) is 20.0. The van der Waals surface area contributed by atoms with E-state index in [1.807, 2.05) is 57.2 Å². The summed E-state index contributed by atoms with van der Waals surface area (Å²) in [6.45, 7) is 12.4. The molecule has 12 nitrogen and oxygen atoms in total. The second-order valence-electron chi connectivity index (χ2n) is 15.7. The lowest BCUT2D eigenvalue weighted by Crippen LogP contribution is -2.59. The number of nitrogens with zero attached hydrogens (tertiary/aromatic N) is 2. The van der Waals surface area contributed by atoms with E-state index in [-0.39, 0.29) is 49.2 Å². The van der Waals surface area contributed by atoms with Crippen molar-refractivity contribution in [2.45, 2.75) is 115 Å². The number of sulfonamides is 1. The number of nitrogens with one attached hydrogen (secondary N) is 3. The van der Waals surface area contributed by atoms with Crippen LogP contribution in [0.3, 0.4) is 0 Å². The highest BCUT2D eigenvalue weighted by molar-refractivity contribution is 7.91. The van der Waals surface area contributed by atoms with Crippen LogP contribution in [0.1, 0.15) is 90.3 Å². The van der Waals surface area contributed by atoms with Crippen LogP contribution in [0, 0.1) is 11.8 Å². The lowest BCUT2D eigenvalue weighted by Gasteiger charge is -2.34. The molecule has 2 aromatic carbocycles. The molecule has 0 aromatic heterocycles. The van der Waals surface area contributed by atoms with E-state index >= 15 is 0 Å². The molecular weight excluding hydrogens is 706 g/mol. The van der Waals surface area contributed by atoms with Crippen LogP contribution in [-0.2, 0) is 47.6 Å². The molecule has 3 N–H and O–H groups in total. The molecule has 4 amide bonds. The molecule has 2 fully saturated rings. The van der Waals surface area contributed by atoms with Crippen LogP contribution in [0.25, 0.3) is 0 Å². The molecule has 4 unspecified atom stereocenters. The second kappa shape index (κ2) is 15.3. The number of carbonyl (C=O) groups is 4. The Hall–Kier alpha value is -3.84. The molecule has 14 heteroatoms. The van der Waals surface area contributed by atoms with Crippen LogP contribution in [0.4, 0.5) is 10.5 Å². The fourth-order valence-electron chi connectivity index (χ4n) is 6.80. The first kappa shape index (κ1) is 39.4. The highest BCUT2D eigenvalue weighted by Crippen LogP contribution is 2.46. The predicted molar refractivity (Wildman–Crippen MR) is 200 cm³/mol. The van der Waals surface area contributed by atoms with Gasteiger partial charge in [0, 0.05) is 30.7 Å². The third-order valence-electron chi connectivity index (χ3n) is 10.4. The van der Waals surface area contributed by atoms with E-state index in [2.05, 4.69) is 36.1 Å². The summed E-state index contributed by atoms with van der Waals surface area (Å²) in [5.41, 5.74) is 2.07. The summed E-state index contributed by atoms with van der Waals surface area (Å²) in [5, 5.41) is 6.17. The molecular formula is C38H52ClN5O7S. The van der Waals surface area contributed by atoms with Crippen LogP contribution in [0.5, 0.6) is 0 Å². The third-order valence-corrected chi connectivity index (χ3v) is 12.6. The van der Waals surface area contributed by atoms with Crippen molar-refractivity contribution in [3.8, 4) is 0 Å². The molecule has 0 bridgehead atoms. The van der Waals surface area contributed by atoms with Crippen LogP contribution in [0.2, 0.25) is 5.02 Å². The van der Waals surface area contributed by atoms with E-state index in [0.717, 1.165) is 22.4 Å². The quantitative estimate of drug-likeness (QED) is 0.234. The minimum atomic E-state index is -3.86. The van der Waals surface area contributed by atoms with E-state index in [0.29, 0.717) is 30.8 Å². The summed E-state index contributed by atoms with van der Waals surface area (Å²) < 4.78 is 33.2. The molecule has 0 radical (unpaired) electrons. The standard InChI is InChI=1S/C38H52ClN5O7S/c1-8-25-20-38(25,35(47)42-52(49,50)28-15-16-28)41-33(45)31(17-18-51-36(48)44-21-24-11-9-14-30(39)29(24)22-44)43(7)34(46)32(23(2)3)40-27-13-10-12-26(19-27)37(4,5)6/h9-14,19,23,25,28,31-32,40H,8,15-18,20-22H2,1-7H3,(H,41,45)(H,42,47). The Labute approximate surface area is 312 Å². The van der Waals surface area contributed by atoms with Gasteiger partial charge in [-0.3, -0.25) is 24.0 Å². The first-order chi connectivity index (χ1) is 24.4. The topological polar surface area (TPSA) is 154 Å². The van der Waals surface area contributed by atoms with E-state index < -0.39 is 50.8 Å². The van der Waals surface area contributed by atoms with Gasteiger partial charge >= 0.3 is 6.09 Å². The van der Waals surface area contributed by atoms with Gasteiger partial charge in [-0.1, -0.05) is 83.8 Å². The normalized spacial score (nSPS) is 20.8. The van der Waals surface area contributed by atoms with Crippen molar-refractivity contribution >= 4 is 51.1 Å². The summed E-state index contributed by atoms with van der Waals surface area (Å²) in [5.74, 6) is -2.25. The number of hydrogen-bond donors (Lipinski definition) is 3. The van der Waals surface area contributed by atoms with E-state index in [1.54, 1.807) is 6.07 Å². The van der Waals surface area contributed by atoms with Crippen LogP contribution >= 0.6 is 11.6 Å². The highest BCUT2D eigenvalue weighted by atomic mass is 35.5. The Morgan fingerprint density at radius 2 is 1.77 bits per heavy atom. The van der Waals surface area contributed by atoms with Crippen molar-refractivity contribution < 1.29 is 32.3 Å². The van der Waals surface area contributed by atoms with Gasteiger partial charge in [-0.25, -0.2) is 13.2 Å². The van der Waals surface area contributed by atoms with Gasteiger partial charge in [0.15, 0.2) is 0 Å². The molecule has 0 saturated heterocycles. The Bertz CT molecular complexity index is 1810. The fraction of sp³-hybridized carbons (Fsp3) is 0.579. The summed E-state index contributed by atoms with van der Waals surface area (Å²) in [6.07, 6.45) is 1.10. The van der Waals surface area contributed by atoms with E-state index in [4.69, 9.17) is 16.3 Å². The van der Waals surface area contributed by atoms with Gasteiger partial charge in [0.25, 0.3) is 5.91 Å². The summed E-state index contributed by atoms with van der Waals surface area (Å²) in [7, 11) is -2.34. The molecule has 284 valence electrons. The lowest BCUT2D eigenvalue weighted by atomic mass is 9.87. The maximum absolute atomic E-state index is 14.3. The second-order valence-corrected chi connectivity index (χ2v) is 18.1. The molecule has 1 heterocycles. The first-order valence-electron chi connectivity index (χ1n) is 18.1. The number of rotatable bonds is 14. The molecule has 2 aliphatic carbocycles. The minimum absolute atomic E-state index is 0.0689. The van der Waals surface area contributed by atoms with Crippen LogP contribution < -0.4 is 15.4 Å². The number of benzene rings is 2. The Kier molecular flexibility index (Phi) is 11.5. The van der Waals surface area contributed by atoms with Gasteiger partial charge in [-0.05, 0) is 71.4 Å². The molecule has 1 aliphatic heterocycles. The van der Waals surface area contributed by atoms with Gasteiger partial charge in [0.1, 0.15) is 17.6 Å². The van der Waals surface area contributed by atoms with Gasteiger partial charge in [-0.15, -0.1) is 0 Å². The maximum atomic E-state index is 14.3. The number of halogens is 1. The van der Waals surface area contributed by atoms with Gasteiger partial charge in [0.2, 0.25) is 21.8 Å². The van der Waals surface area contributed by atoms with Crippen molar-refractivity contribution in [1.29, 1.82) is 0 Å². The average Bonchev–Trinajstić information content (AvgIpc) is 4.01. The number of carbonyl (C=O) groups excluding carboxylic acids is 4. The lowest BCUT2D eigenvalue weighted by molar-refractivity contribution is -0.142. The number of fused-ring (bicyclic) bond motifs is 1. The van der Waals surface area contributed by atoms with Crippen LogP contribution in [0.15, 0.2) is 42.5 Å². The number of ether oxygens (including phenoxy) is 1. The van der Waals surface area contributed by atoms with Crippen LogP contribution in [-0.4, -0.2) is 78.6 Å². The Morgan fingerprint density at radius 1 is 1.08 bits per heavy atom. The molecule has 2 aromatic rings. The van der Waals surface area contributed by atoms with Gasteiger partial charge in [-0.2, -0.15) is 0 Å². The number of amides is 4. The van der Waals surface area contributed by atoms with Crippen molar-refractivity contribution in [2.24, 2.45) is 11.8 Å². The predicted octanol–water partition coefficient (Wildman–Crippen LogP) is 5.34. The molecule has 2 saturated carbocycles. The van der Waals surface area contributed by atoms with Gasteiger partial charge in [0.05, 0.1) is 18.4 Å². The SMILES string of the molecule is CCC1CC1(NC(=O)C(CCOC(=O)N1Cc2cccc(Cl)c2C1)N(C)C(=O)C(Nc1cccc(C(C)(C)C)c1)C(C)C)C(=O)NS(=O)(=O)C1CC1. The Balaban J connectivity index is 1.35. The smallest absolute Gasteiger partial charge is 0.410 e. The zero-order valence-electron chi connectivity index (χ0n) is 31.1. The zero-order valence-corrected chi connectivity index (χ0v) is 32.7. The summed E-state index contributed by atoms with van der Waals surface area (Å²) >= 11 is 6.34. The molecule has 52 heavy (non-hydrogen) atoms. The monoisotopic (exact) mass is 757 g/mol. The maximum Gasteiger partial charge on any atom is 0.410 e. The minimum Gasteiger partial charge on any atom is -0.449 e. The average molecular weight is 758 g/mol. The highest BCUT2D eigenvalue weighted by Gasteiger charge is 2.61. The Morgan fingerprint density at radius 3 is 2.37 bits per heavy atom. The van der Waals surface area contributed by atoms with Crippen molar-refractivity contribution in [2.75, 3.05) is 19.0 Å². The van der Waals surface area contributed by atoms with E-state index in [1.165, 1.54) is 16.8 Å². The zero-order chi connectivity index (χ0) is 38.2. The summed E-state index contributed by atoms with van der Waals surface area (Å²) in [6, 6.07) is 11.5. The van der Waals surface area contributed by atoms with Crippen molar-refractivity contribution in [3.63, 3.8) is 0 Å². The van der Waals surface area contributed by atoms with Gasteiger partial charge < -0.3 is 20.3 Å². The third kappa shape index (κ3) is 8.68. The molecule has 5 rings (SSSR count). The van der Waals surface area contributed by atoms with Crippen molar-refractivity contribution in [1.82, 2.24) is 19.8 Å².